The largest absolute Gasteiger partial charge is 0.434 e. The van der Waals surface area contributed by atoms with E-state index < -0.39 is 6.61 Å². The van der Waals surface area contributed by atoms with Gasteiger partial charge in [-0.1, -0.05) is 42.5 Å². The van der Waals surface area contributed by atoms with Gasteiger partial charge in [0.05, 0.1) is 0 Å². The Balaban J connectivity index is 1.96. The molecule has 0 N–H and O–H groups in total. The van der Waals surface area contributed by atoms with Gasteiger partial charge in [-0.25, -0.2) is 0 Å². The standard InChI is InChI=1S/C17H12F2O2/c18-17(19)21-15-8-4-2-6-12(15)10-13-9-11-5-1-3-7-14(11)16(13)20/h1-8,10,17H,9H2/b13-10+. The Kier molecular flexibility index (Phi) is 3.52. The molecule has 0 heterocycles. The number of Topliss-reactive ketones (excluding diaryl/α,β-unsaturated/α-hetero) is 1. The number of halogens is 2. The monoisotopic (exact) mass is 286 g/mol. The van der Waals surface area contributed by atoms with Crippen molar-refractivity contribution in [2.45, 2.75) is 13.0 Å². The number of hydrogen-bond donors (Lipinski definition) is 0. The summed E-state index contributed by atoms with van der Waals surface area (Å²) in [5.74, 6) is 0.0150. The fourth-order valence-corrected chi connectivity index (χ4v) is 2.46. The van der Waals surface area contributed by atoms with Crippen molar-refractivity contribution in [1.82, 2.24) is 0 Å². The van der Waals surface area contributed by atoms with E-state index in [0.717, 1.165) is 5.56 Å². The Bertz CT molecular complexity index is 720. The second-order valence-corrected chi connectivity index (χ2v) is 4.75. The van der Waals surface area contributed by atoms with Gasteiger partial charge in [-0.3, -0.25) is 4.79 Å². The zero-order valence-corrected chi connectivity index (χ0v) is 11.1. The van der Waals surface area contributed by atoms with Gasteiger partial charge in [-0.15, -0.1) is 0 Å². The molecule has 1 aliphatic carbocycles. The molecule has 2 aromatic rings. The van der Waals surface area contributed by atoms with E-state index in [1.807, 2.05) is 18.2 Å². The Morgan fingerprint density at radius 2 is 1.76 bits per heavy atom. The molecule has 2 nitrogen and oxygen atoms in total. The van der Waals surface area contributed by atoms with E-state index in [0.29, 0.717) is 23.1 Å². The predicted octanol–water partition coefficient (Wildman–Crippen LogP) is 4.11. The Labute approximate surface area is 120 Å². The molecule has 0 radical (unpaired) electrons. The molecule has 0 unspecified atom stereocenters. The van der Waals surface area contributed by atoms with Crippen LogP contribution in [0, 0.1) is 0 Å². The normalized spacial score (nSPS) is 15.6. The van der Waals surface area contributed by atoms with Gasteiger partial charge in [-0.05, 0) is 17.7 Å². The predicted molar refractivity (Wildman–Crippen MR) is 75.5 cm³/mol. The molecular weight excluding hydrogens is 274 g/mol. The van der Waals surface area contributed by atoms with Gasteiger partial charge in [-0.2, -0.15) is 8.78 Å². The van der Waals surface area contributed by atoms with Crippen LogP contribution in [0.5, 0.6) is 5.75 Å². The van der Waals surface area contributed by atoms with Crippen molar-refractivity contribution < 1.29 is 18.3 Å². The lowest BCUT2D eigenvalue weighted by molar-refractivity contribution is -0.0499. The molecule has 21 heavy (non-hydrogen) atoms. The van der Waals surface area contributed by atoms with Crippen molar-refractivity contribution in [3.8, 4) is 5.75 Å². The first kappa shape index (κ1) is 13.5. The second-order valence-electron chi connectivity index (χ2n) is 4.75. The van der Waals surface area contributed by atoms with E-state index in [1.54, 1.807) is 30.3 Å². The number of ketones is 1. The van der Waals surface area contributed by atoms with Gasteiger partial charge in [0.1, 0.15) is 5.75 Å². The first-order valence-corrected chi connectivity index (χ1v) is 6.52. The summed E-state index contributed by atoms with van der Waals surface area (Å²) in [7, 11) is 0. The molecule has 4 heteroatoms. The van der Waals surface area contributed by atoms with Gasteiger partial charge in [0.15, 0.2) is 5.78 Å². The molecule has 0 aliphatic heterocycles. The van der Waals surface area contributed by atoms with Crippen molar-refractivity contribution in [2.24, 2.45) is 0 Å². The minimum Gasteiger partial charge on any atom is -0.434 e. The fourth-order valence-electron chi connectivity index (χ4n) is 2.46. The van der Waals surface area contributed by atoms with Crippen LogP contribution in [0.15, 0.2) is 54.1 Å². The molecule has 0 saturated heterocycles. The Morgan fingerprint density at radius 1 is 1.05 bits per heavy atom. The average Bonchev–Trinajstić information content (AvgIpc) is 2.78. The third-order valence-electron chi connectivity index (χ3n) is 3.40. The lowest BCUT2D eigenvalue weighted by atomic mass is 10.1. The quantitative estimate of drug-likeness (QED) is 0.794. The SMILES string of the molecule is O=C1/C(=C/c2ccccc2OC(F)F)Cc2ccccc21. The molecule has 3 rings (SSSR count). The van der Waals surface area contributed by atoms with E-state index >= 15 is 0 Å². The summed E-state index contributed by atoms with van der Waals surface area (Å²) in [6.45, 7) is -2.89. The third-order valence-corrected chi connectivity index (χ3v) is 3.40. The van der Waals surface area contributed by atoms with Crippen LogP contribution >= 0.6 is 0 Å². The molecule has 0 aromatic heterocycles. The highest BCUT2D eigenvalue weighted by Crippen LogP contribution is 2.30. The molecule has 0 spiro atoms. The Hall–Kier alpha value is -2.49. The lowest BCUT2D eigenvalue weighted by Crippen LogP contribution is -2.03. The number of carbonyl (C=O) groups is 1. The van der Waals surface area contributed by atoms with Crippen LogP contribution in [0.2, 0.25) is 0 Å². The maximum absolute atomic E-state index is 12.4. The van der Waals surface area contributed by atoms with Crippen molar-refractivity contribution in [2.75, 3.05) is 0 Å². The molecule has 2 aromatic carbocycles. The van der Waals surface area contributed by atoms with E-state index in [-0.39, 0.29) is 11.5 Å². The van der Waals surface area contributed by atoms with Gasteiger partial charge >= 0.3 is 6.61 Å². The van der Waals surface area contributed by atoms with Gasteiger partial charge in [0, 0.05) is 23.1 Å². The summed E-state index contributed by atoms with van der Waals surface area (Å²) >= 11 is 0. The maximum atomic E-state index is 12.4. The summed E-state index contributed by atoms with van der Waals surface area (Å²) < 4.78 is 29.3. The van der Waals surface area contributed by atoms with E-state index in [2.05, 4.69) is 4.74 Å². The highest BCUT2D eigenvalue weighted by atomic mass is 19.3. The number of benzene rings is 2. The van der Waals surface area contributed by atoms with Gasteiger partial charge in [0.25, 0.3) is 0 Å². The van der Waals surface area contributed by atoms with Gasteiger partial charge in [0.2, 0.25) is 0 Å². The molecule has 0 amide bonds. The first-order chi connectivity index (χ1) is 10.1. The number of ether oxygens (including phenoxy) is 1. The summed E-state index contributed by atoms with van der Waals surface area (Å²) in [5, 5.41) is 0. The number of hydrogen-bond acceptors (Lipinski definition) is 2. The number of fused-ring (bicyclic) bond motifs is 1. The van der Waals surface area contributed by atoms with Crippen LogP contribution in [0.3, 0.4) is 0 Å². The minimum absolute atomic E-state index is 0.0579. The molecular formula is C17H12F2O2. The molecule has 0 atom stereocenters. The molecule has 0 fully saturated rings. The van der Waals surface area contributed by atoms with E-state index in [4.69, 9.17) is 0 Å². The smallest absolute Gasteiger partial charge is 0.387 e. The molecule has 0 bridgehead atoms. The van der Waals surface area contributed by atoms with Crippen LogP contribution in [-0.2, 0) is 6.42 Å². The number of carbonyl (C=O) groups excluding carboxylic acids is 1. The second kappa shape index (κ2) is 5.48. The highest BCUT2D eigenvalue weighted by Gasteiger charge is 2.24. The van der Waals surface area contributed by atoms with Crippen molar-refractivity contribution in [3.05, 3.63) is 70.8 Å². The summed E-state index contributed by atoms with van der Waals surface area (Å²) in [5.41, 5.74) is 2.70. The average molecular weight is 286 g/mol. The van der Waals surface area contributed by atoms with Crippen molar-refractivity contribution in [3.63, 3.8) is 0 Å². The highest BCUT2D eigenvalue weighted by molar-refractivity contribution is 6.15. The van der Waals surface area contributed by atoms with Crippen molar-refractivity contribution in [1.29, 1.82) is 0 Å². The van der Waals surface area contributed by atoms with E-state index in [1.165, 1.54) is 6.07 Å². The van der Waals surface area contributed by atoms with Crippen LogP contribution in [-0.4, -0.2) is 12.4 Å². The van der Waals surface area contributed by atoms with Crippen molar-refractivity contribution >= 4 is 11.9 Å². The number of alkyl halides is 2. The Morgan fingerprint density at radius 3 is 2.52 bits per heavy atom. The maximum Gasteiger partial charge on any atom is 0.387 e. The van der Waals surface area contributed by atoms with Crippen LogP contribution in [0.4, 0.5) is 8.78 Å². The zero-order chi connectivity index (χ0) is 14.8. The van der Waals surface area contributed by atoms with Crippen LogP contribution in [0.1, 0.15) is 21.5 Å². The zero-order valence-electron chi connectivity index (χ0n) is 11.1. The van der Waals surface area contributed by atoms with Crippen LogP contribution < -0.4 is 4.74 Å². The topological polar surface area (TPSA) is 26.3 Å². The van der Waals surface area contributed by atoms with Crippen LogP contribution in [0.25, 0.3) is 6.08 Å². The number of para-hydroxylation sites is 1. The summed E-state index contributed by atoms with van der Waals surface area (Å²) in [6.07, 6.45) is 2.14. The third kappa shape index (κ3) is 2.70. The first-order valence-electron chi connectivity index (χ1n) is 6.52. The van der Waals surface area contributed by atoms with Gasteiger partial charge < -0.3 is 4.74 Å². The number of rotatable bonds is 3. The molecule has 1 aliphatic rings. The number of allylic oxidation sites excluding steroid dienone is 1. The molecule has 0 saturated carbocycles. The van der Waals surface area contributed by atoms with E-state index in [9.17, 15) is 13.6 Å². The minimum atomic E-state index is -2.89. The summed E-state index contributed by atoms with van der Waals surface area (Å²) in [6, 6.07) is 13.8. The fraction of sp³-hybridized carbons (Fsp3) is 0.118. The molecule has 106 valence electrons. The summed E-state index contributed by atoms with van der Waals surface area (Å²) in [4.78, 5) is 12.3. The lowest BCUT2D eigenvalue weighted by Gasteiger charge is -2.08.